The van der Waals surface area contributed by atoms with Crippen molar-refractivity contribution >= 4 is 159 Å². The van der Waals surface area contributed by atoms with Gasteiger partial charge in [-0.05, 0) is 276 Å². The van der Waals surface area contributed by atoms with Crippen molar-refractivity contribution in [3.8, 4) is 69.0 Å². The SMILES string of the molecule is Cc1cc(C)cc(C(=O)c2sc3cc(O)ccc3c2Oc2ccc(/C=C/OC=O)cc2)c1.Cc1ccc(C(=O)c2sc3cc(O)ccc3c2Oc2ccc(/C=C/OC=O)cc2)cc1C.Cc1ccc(C)c(C(=O)c2sc3cc(O)ccc3c2Oc2ccc(/C=C/OC=O)cc2)c1.Cc1ccc(C)c(C(=O)c2sc3cc(O)ccc3c2Oc2ccc(/C=C/OC=O)cc2)c1. The molecule has 0 radical (unpaired) electrons. The molecule has 4 N–H and O–H groups in total. The van der Waals surface area contributed by atoms with Crippen LogP contribution in [0.2, 0.25) is 0 Å². The molecule has 0 aliphatic heterocycles. The summed E-state index contributed by atoms with van der Waals surface area (Å²) in [6.07, 6.45) is 11.8. The van der Waals surface area contributed by atoms with Crippen LogP contribution in [-0.2, 0) is 38.1 Å². The zero-order valence-corrected chi connectivity index (χ0v) is 73.2. The van der Waals surface area contributed by atoms with Gasteiger partial charge in [0.25, 0.3) is 25.9 Å². The van der Waals surface area contributed by atoms with Gasteiger partial charge in [0, 0.05) is 62.6 Å². The molecule has 16 aromatic rings. The van der Waals surface area contributed by atoms with Crippen molar-refractivity contribution in [3.63, 3.8) is 0 Å². The Labute approximate surface area is 751 Å². The first kappa shape index (κ1) is 90.1. The minimum absolute atomic E-state index is 0.118. The number of rotatable bonds is 28. The number of phenolic OH excluding ortho intramolecular Hbond substituents is 4. The van der Waals surface area contributed by atoms with Gasteiger partial charge in [-0.15, -0.1) is 45.3 Å². The number of benzene rings is 12. The van der Waals surface area contributed by atoms with Crippen LogP contribution in [0.1, 0.15) is 128 Å². The smallest absolute Gasteiger partial charge is 0.297 e. The Morgan fingerprint density at radius 3 is 0.812 bits per heavy atom. The molecule has 0 bridgehead atoms. The van der Waals surface area contributed by atoms with Crippen LogP contribution in [0.15, 0.2) is 268 Å². The molecule has 0 saturated carbocycles. The highest BCUT2D eigenvalue weighted by atomic mass is 32.1. The molecule has 24 heteroatoms. The number of hydrogen-bond donors (Lipinski definition) is 4. The van der Waals surface area contributed by atoms with Gasteiger partial charge in [-0.25, -0.2) is 0 Å². The van der Waals surface area contributed by atoms with Crippen molar-refractivity contribution in [2.75, 3.05) is 0 Å². The van der Waals surface area contributed by atoms with Gasteiger partial charge in [-0.2, -0.15) is 0 Å². The highest BCUT2D eigenvalue weighted by Crippen LogP contribution is 2.48. The second kappa shape index (κ2) is 41.7. The molecule has 0 fully saturated rings. The topological polar surface area (TPSA) is 291 Å². The van der Waals surface area contributed by atoms with E-state index in [1.807, 2.05) is 177 Å². The Hall–Kier alpha value is -15.6. The van der Waals surface area contributed by atoms with Crippen molar-refractivity contribution in [1.29, 1.82) is 0 Å². The number of carbonyl (C=O) groups is 8. The number of aromatic hydroxyl groups is 4. The third kappa shape index (κ3) is 22.3. The molecule has 20 nitrogen and oxygen atoms in total. The quantitative estimate of drug-likeness (QED) is 0.0153. The second-order valence-corrected chi connectivity index (χ2v) is 33.4. The maximum absolute atomic E-state index is 13.5. The van der Waals surface area contributed by atoms with E-state index in [-0.39, 0.29) is 46.1 Å². The lowest BCUT2D eigenvalue weighted by Gasteiger charge is -2.10. The average molecular weight is 1780 g/mol. The summed E-state index contributed by atoms with van der Waals surface area (Å²) in [7, 11) is 0. The summed E-state index contributed by atoms with van der Waals surface area (Å²) in [5, 5.41) is 42.7. The van der Waals surface area contributed by atoms with Crippen LogP contribution in [0.3, 0.4) is 0 Å². The summed E-state index contributed by atoms with van der Waals surface area (Å²) in [4.78, 5) is 96.7. The molecule has 0 aliphatic carbocycles. The van der Waals surface area contributed by atoms with Crippen molar-refractivity contribution in [2.24, 2.45) is 0 Å². The first-order chi connectivity index (χ1) is 61.8. The normalized spacial score (nSPS) is 11.1. The summed E-state index contributed by atoms with van der Waals surface area (Å²) in [6.45, 7) is 17.0. The summed E-state index contributed by atoms with van der Waals surface area (Å²) < 4.78 is 46.0. The monoisotopic (exact) mass is 1780 g/mol. The lowest BCUT2D eigenvalue weighted by Crippen LogP contribution is -2.03. The van der Waals surface area contributed by atoms with E-state index in [1.165, 1.54) is 70.4 Å². The minimum Gasteiger partial charge on any atom is -0.508 e. The highest BCUT2D eigenvalue weighted by Gasteiger charge is 2.29. The predicted molar refractivity (Wildman–Crippen MR) is 502 cm³/mol. The van der Waals surface area contributed by atoms with E-state index in [0.29, 0.717) is 114 Å². The standard InChI is InChI=1S/4C26H20O5S/c1-16-3-6-19(13-17(16)2)24(29)26-25(22-10-7-20(28)14-23(22)32-26)31-21-8-4-18(5-9-21)11-12-30-15-27;1-16-11-17(2)13-19(12-16)24(29)26-25(22-8-5-20(28)14-23(22)32-26)31-21-6-3-18(4-7-21)9-10-30-15-27;2*1-16-3-4-17(2)22(13-16)24(29)26-25(21-10-7-19(28)14-23(21)32-26)31-20-8-5-18(6-9-20)11-12-30-15-27/h4*3-15,28H,1-2H3/b12-11+;10-9+;2*12-11+. The van der Waals surface area contributed by atoms with E-state index >= 15 is 0 Å². The van der Waals surface area contributed by atoms with E-state index in [9.17, 15) is 58.8 Å². The Morgan fingerprint density at radius 1 is 0.258 bits per heavy atom. The van der Waals surface area contributed by atoms with Gasteiger partial charge in [0.05, 0.1) is 25.0 Å². The fourth-order valence-corrected chi connectivity index (χ4v) is 17.8. The fraction of sp³-hybridized carbons (Fsp3) is 0.0769. The number of hydrogen-bond acceptors (Lipinski definition) is 24. The van der Waals surface area contributed by atoms with Gasteiger partial charge in [-0.1, -0.05) is 113 Å². The van der Waals surface area contributed by atoms with Crippen molar-refractivity contribution in [2.45, 2.75) is 55.4 Å². The molecule has 0 saturated heterocycles. The van der Waals surface area contributed by atoms with Crippen molar-refractivity contribution < 1.29 is 96.7 Å². The Bertz CT molecular complexity index is 6770. The van der Waals surface area contributed by atoms with Crippen LogP contribution in [0.5, 0.6) is 69.0 Å². The molecule has 0 aliphatic rings. The molecule has 4 aromatic heterocycles. The summed E-state index contributed by atoms with van der Waals surface area (Å²) in [5.41, 5.74) is 13.7. The molecule has 0 unspecified atom stereocenters. The zero-order valence-electron chi connectivity index (χ0n) is 70.0. The zero-order chi connectivity index (χ0) is 90.7. The molecule has 640 valence electrons. The first-order valence-electron chi connectivity index (χ1n) is 39.5. The number of aryl methyl sites for hydroxylation is 8. The summed E-state index contributed by atoms with van der Waals surface area (Å²) in [5.74, 6) is 4.09. The maximum Gasteiger partial charge on any atom is 0.297 e. The van der Waals surface area contributed by atoms with Gasteiger partial charge in [0.1, 0.15) is 65.5 Å². The van der Waals surface area contributed by atoms with Gasteiger partial charge in [0.15, 0.2) is 23.0 Å². The van der Waals surface area contributed by atoms with Crippen LogP contribution in [0, 0.1) is 55.4 Å². The molecular weight excluding hydrogens is 1700 g/mol. The molecule has 16 rings (SSSR count). The number of phenols is 4. The van der Waals surface area contributed by atoms with E-state index < -0.39 is 0 Å². The van der Waals surface area contributed by atoms with Gasteiger partial charge in [-0.3, -0.25) is 38.4 Å². The van der Waals surface area contributed by atoms with Crippen molar-refractivity contribution in [1.82, 2.24) is 0 Å². The minimum atomic E-state index is -0.130. The third-order valence-corrected chi connectivity index (χ3v) is 24.4. The van der Waals surface area contributed by atoms with E-state index in [0.717, 1.165) is 107 Å². The van der Waals surface area contributed by atoms with Crippen LogP contribution < -0.4 is 18.9 Å². The molecule has 0 amide bonds. The van der Waals surface area contributed by atoms with Crippen LogP contribution in [-0.4, -0.2) is 69.4 Å². The molecule has 12 aromatic carbocycles. The number of ether oxygens (including phenoxy) is 8. The molecule has 128 heavy (non-hydrogen) atoms. The van der Waals surface area contributed by atoms with Crippen LogP contribution in [0.4, 0.5) is 0 Å². The van der Waals surface area contributed by atoms with Crippen molar-refractivity contribution in [3.05, 3.63) is 376 Å². The van der Waals surface area contributed by atoms with Gasteiger partial charge in [0.2, 0.25) is 23.1 Å². The van der Waals surface area contributed by atoms with E-state index in [1.54, 1.807) is 146 Å². The van der Waals surface area contributed by atoms with Crippen LogP contribution >= 0.6 is 45.3 Å². The molecule has 4 heterocycles. The van der Waals surface area contributed by atoms with Gasteiger partial charge >= 0.3 is 0 Å². The van der Waals surface area contributed by atoms with Gasteiger partial charge < -0.3 is 58.3 Å². The Kier molecular flexibility index (Phi) is 29.4. The summed E-state index contributed by atoms with van der Waals surface area (Å²) in [6, 6.07) is 71.5. The third-order valence-electron chi connectivity index (χ3n) is 19.8. The molecule has 0 spiro atoms. The second-order valence-electron chi connectivity index (χ2n) is 29.2. The predicted octanol–water partition coefficient (Wildman–Crippen LogP) is 25.6. The van der Waals surface area contributed by atoms with E-state index in [4.69, 9.17) is 18.9 Å². The average Bonchev–Trinajstić information content (AvgIpc) is 1.63. The highest BCUT2D eigenvalue weighted by molar-refractivity contribution is 7.22. The molecular formula is C104H80O20S4. The number of ketones is 4. The maximum atomic E-state index is 13.5. The molecule has 0 atom stereocenters. The number of carbonyl (C=O) groups excluding carboxylic acids is 8. The number of fused-ring (bicyclic) bond motifs is 4. The fourth-order valence-electron chi connectivity index (χ4n) is 13.4. The van der Waals surface area contributed by atoms with Crippen LogP contribution in [0.25, 0.3) is 64.6 Å². The summed E-state index contributed by atoms with van der Waals surface area (Å²) >= 11 is 5.18. The Morgan fingerprint density at radius 2 is 0.531 bits per heavy atom. The van der Waals surface area contributed by atoms with E-state index in [2.05, 4.69) is 18.9 Å². The Balaban J connectivity index is 0.000000146. The lowest BCUT2D eigenvalue weighted by atomic mass is 10.0. The number of thiophene rings is 4. The lowest BCUT2D eigenvalue weighted by molar-refractivity contribution is -0.124. The first-order valence-corrected chi connectivity index (χ1v) is 42.7. The largest absolute Gasteiger partial charge is 0.508 e.